The molecule has 118 valence electrons. The van der Waals surface area contributed by atoms with Crippen molar-refractivity contribution >= 4 is 10.0 Å². The first kappa shape index (κ1) is 16.4. The average Bonchev–Trinajstić information content (AvgIpc) is 2.45. The lowest BCUT2D eigenvalue weighted by molar-refractivity contribution is 0.284. The van der Waals surface area contributed by atoms with Gasteiger partial charge in [0.25, 0.3) is 0 Å². The topological polar surface area (TPSA) is 49.4 Å². The highest BCUT2D eigenvalue weighted by atomic mass is 32.2. The van der Waals surface area contributed by atoms with E-state index in [2.05, 4.69) is 12.2 Å². The first-order valence-electron chi connectivity index (χ1n) is 7.45. The maximum absolute atomic E-state index is 13.2. The summed E-state index contributed by atoms with van der Waals surface area (Å²) < 4.78 is 40.1. The molecule has 1 aliphatic rings. The monoisotopic (exact) mass is 314 g/mol. The van der Waals surface area contributed by atoms with Crippen molar-refractivity contribution in [1.29, 1.82) is 0 Å². The van der Waals surface area contributed by atoms with E-state index in [0.29, 0.717) is 18.7 Å². The van der Waals surface area contributed by atoms with Crippen LogP contribution in [0.15, 0.2) is 23.1 Å². The fraction of sp³-hybridized carbons (Fsp3) is 0.600. The number of hydrogen-bond donors (Lipinski definition) is 1. The van der Waals surface area contributed by atoms with Gasteiger partial charge in [-0.25, -0.2) is 12.8 Å². The number of piperidine rings is 1. The van der Waals surface area contributed by atoms with E-state index in [1.54, 1.807) is 6.92 Å². The summed E-state index contributed by atoms with van der Waals surface area (Å²) in [6, 6.07) is 4.04. The number of halogens is 1. The molecule has 0 aliphatic carbocycles. The first-order valence-corrected chi connectivity index (χ1v) is 8.89. The predicted molar refractivity (Wildman–Crippen MR) is 81.2 cm³/mol. The van der Waals surface area contributed by atoms with Crippen LogP contribution in [0.5, 0.6) is 0 Å². The molecule has 0 radical (unpaired) electrons. The van der Waals surface area contributed by atoms with E-state index in [-0.39, 0.29) is 10.9 Å². The Hall–Kier alpha value is -0.980. The van der Waals surface area contributed by atoms with Crippen molar-refractivity contribution in [1.82, 2.24) is 9.62 Å². The SMILES string of the molecule is CCCNC1CCCN(S(=O)(=O)c2ccc(F)cc2C)C1. The zero-order valence-corrected chi connectivity index (χ0v) is 13.4. The van der Waals surface area contributed by atoms with Gasteiger partial charge in [-0.15, -0.1) is 0 Å². The fourth-order valence-corrected chi connectivity index (χ4v) is 4.45. The summed E-state index contributed by atoms with van der Waals surface area (Å²) in [5.41, 5.74) is 0.457. The Morgan fingerprint density at radius 2 is 2.19 bits per heavy atom. The minimum atomic E-state index is -3.54. The second-order valence-corrected chi connectivity index (χ2v) is 7.47. The van der Waals surface area contributed by atoms with E-state index in [1.807, 2.05) is 0 Å². The van der Waals surface area contributed by atoms with Crippen LogP contribution in [0.1, 0.15) is 31.7 Å². The fourth-order valence-electron chi connectivity index (χ4n) is 2.72. The van der Waals surface area contributed by atoms with E-state index < -0.39 is 15.8 Å². The molecule has 1 N–H and O–H groups in total. The van der Waals surface area contributed by atoms with Crippen molar-refractivity contribution < 1.29 is 12.8 Å². The highest BCUT2D eigenvalue weighted by Crippen LogP contribution is 2.24. The predicted octanol–water partition coefficient (Wildman–Crippen LogP) is 2.29. The van der Waals surface area contributed by atoms with E-state index in [0.717, 1.165) is 25.8 Å². The molecule has 1 aromatic carbocycles. The molecule has 1 heterocycles. The standard InChI is InChI=1S/C15H23FN2O2S/c1-3-8-17-14-5-4-9-18(11-14)21(19,20)15-7-6-13(16)10-12(15)2/h6-7,10,14,17H,3-5,8-9,11H2,1-2H3. The van der Waals surface area contributed by atoms with Crippen LogP contribution in [0, 0.1) is 12.7 Å². The average molecular weight is 314 g/mol. The molecule has 1 unspecified atom stereocenters. The van der Waals surface area contributed by atoms with Gasteiger partial charge in [0.15, 0.2) is 0 Å². The van der Waals surface area contributed by atoms with Crippen molar-refractivity contribution in [2.24, 2.45) is 0 Å². The zero-order chi connectivity index (χ0) is 15.5. The van der Waals surface area contributed by atoms with Crippen molar-refractivity contribution in [3.63, 3.8) is 0 Å². The van der Waals surface area contributed by atoms with Crippen LogP contribution in [0.25, 0.3) is 0 Å². The van der Waals surface area contributed by atoms with Crippen molar-refractivity contribution in [2.75, 3.05) is 19.6 Å². The molecular weight excluding hydrogens is 291 g/mol. The number of sulfonamides is 1. The number of nitrogens with one attached hydrogen (secondary N) is 1. The Morgan fingerprint density at radius 1 is 1.43 bits per heavy atom. The van der Waals surface area contributed by atoms with Crippen molar-refractivity contribution in [3.05, 3.63) is 29.6 Å². The molecule has 0 bridgehead atoms. The molecule has 21 heavy (non-hydrogen) atoms. The Morgan fingerprint density at radius 3 is 2.86 bits per heavy atom. The van der Waals surface area contributed by atoms with Crippen LogP contribution < -0.4 is 5.32 Å². The third-order valence-corrected chi connectivity index (χ3v) is 5.85. The van der Waals surface area contributed by atoms with E-state index in [9.17, 15) is 12.8 Å². The van der Waals surface area contributed by atoms with Gasteiger partial charge in [0.05, 0.1) is 4.90 Å². The van der Waals surface area contributed by atoms with Crippen LogP contribution in [0.4, 0.5) is 4.39 Å². The van der Waals surface area contributed by atoms with Crippen LogP contribution >= 0.6 is 0 Å². The normalized spacial score (nSPS) is 20.6. The molecular formula is C15H23FN2O2S. The summed E-state index contributed by atoms with van der Waals surface area (Å²) in [4.78, 5) is 0.208. The summed E-state index contributed by atoms with van der Waals surface area (Å²) in [7, 11) is -3.54. The zero-order valence-electron chi connectivity index (χ0n) is 12.6. The van der Waals surface area contributed by atoms with Crippen LogP contribution in [0.2, 0.25) is 0 Å². The summed E-state index contributed by atoms with van der Waals surface area (Å²) in [6.07, 6.45) is 2.87. The highest BCUT2D eigenvalue weighted by Gasteiger charge is 2.30. The molecule has 4 nitrogen and oxygen atoms in total. The molecule has 2 rings (SSSR count). The summed E-state index contributed by atoms with van der Waals surface area (Å²) in [6.45, 7) is 5.63. The lowest BCUT2D eigenvalue weighted by atomic mass is 10.1. The lowest BCUT2D eigenvalue weighted by Gasteiger charge is -2.32. The summed E-state index contributed by atoms with van der Waals surface area (Å²) in [5.74, 6) is -0.410. The summed E-state index contributed by atoms with van der Waals surface area (Å²) in [5, 5.41) is 3.38. The van der Waals surface area contributed by atoms with Gasteiger partial charge in [-0.05, 0) is 56.5 Å². The van der Waals surface area contributed by atoms with Gasteiger partial charge in [-0.1, -0.05) is 6.92 Å². The molecule has 1 atom stereocenters. The maximum atomic E-state index is 13.2. The third kappa shape index (κ3) is 3.81. The van der Waals surface area contributed by atoms with Gasteiger partial charge >= 0.3 is 0 Å². The number of aryl methyl sites for hydroxylation is 1. The quantitative estimate of drug-likeness (QED) is 0.907. The first-order chi connectivity index (χ1) is 9.95. The van der Waals surface area contributed by atoms with Crippen molar-refractivity contribution in [2.45, 2.75) is 44.0 Å². The van der Waals surface area contributed by atoms with Gasteiger partial charge in [0, 0.05) is 19.1 Å². The molecule has 0 aromatic heterocycles. The van der Waals surface area contributed by atoms with Gasteiger partial charge in [0.2, 0.25) is 10.0 Å². The number of nitrogens with zero attached hydrogens (tertiary/aromatic N) is 1. The largest absolute Gasteiger partial charge is 0.313 e. The Kier molecular flexibility index (Phi) is 5.35. The lowest BCUT2D eigenvalue weighted by Crippen LogP contribution is -2.48. The Labute approximate surface area is 126 Å². The molecule has 1 aliphatic heterocycles. The summed E-state index contributed by atoms with van der Waals surface area (Å²) >= 11 is 0. The van der Waals surface area contributed by atoms with Gasteiger partial charge in [-0.2, -0.15) is 4.31 Å². The highest BCUT2D eigenvalue weighted by molar-refractivity contribution is 7.89. The number of benzene rings is 1. The maximum Gasteiger partial charge on any atom is 0.243 e. The van der Waals surface area contributed by atoms with E-state index >= 15 is 0 Å². The molecule has 6 heteroatoms. The minimum absolute atomic E-state index is 0.203. The second kappa shape index (κ2) is 6.85. The van der Waals surface area contributed by atoms with E-state index in [4.69, 9.17) is 0 Å². The van der Waals surface area contributed by atoms with Crippen LogP contribution in [0.3, 0.4) is 0 Å². The Bertz CT molecular complexity index is 589. The van der Waals surface area contributed by atoms with Gasteiger partial charge in [-0.3, -0.25) is 0 Å². The third-order valence-electron chi connectivity index (χ3n) is 3.82. The van der Waals surface area contributed by atoms with Crippen LogP contribution in [-0.4, -0.2) is 38.4 Å². The minimum Gasteiger partial charge on any atom is -0.313 e. The molecule has 0 spiro atoms. The van der Waals surface area contributed by atoms with Crippen molar-refractivity contribution in [3.8, 4) is 0 Å². The molecule has 0 saturated carbocycles. The van der Waals surface area contributed by atoms with Gasteiger partial charge in [0.1, 0.15) is 5.82 Å². The molecule has 1 aromatic rings. The second-order valence-electron chi connectivity index (χ2n) is 5.57. The van der Waals surface area contributed by atoms with E-state index in [1.165, 1.54) is 22.5 Å². The number of hydrogen-bond acceptors (Lipinski definition) is 3. The molecule has 1 fully saturated rings. The Balaban J connectivity index is 2.18. The molecule has 1 saturated heterocycles. The smallest absolute Gasteiger partial charge is 0.243 e. The number of rotatable bonds is 5. The molecule has 0 amide bonds. The van der Waals surface area contributed by atoms with Gasteiger partial charge < -0.3 is 5.32 Å². The van der Waals surface area contributed by atoms with Crippen LogP contribution in [-0.2, 0) is 10.0 Å².